The smallest absolute Gasteiger partial charge is 0.251 e. The topological polar surface area (TPSA) is 32.3 Å². The number of likely N-dealkylation sites (N-methyl/N-ethyl adjacent to an activating group) is 1. The van der Waals surface area contributed by atoms with Crippen molar-refractivity contribution in [3.05, 3.63) is 35.1 Å². The van der Waals surface area contributed by atoms with E-state index >= 15 is 0 Å². The number of rotatable bonds is 6. The molecule has 0 fully saturated rings. The molecule has 6 heteroatoms. The second kappa shape index (κ2) is 7.28. The number of nitrogens with one attached hydrogen (secondary N) is 1. The average molecular weight is 288 g/mol. The van der Waals surface area contributed by atoms with E-state index in [0.717, 1.165) is 13.1 Å². The van der Waals surface area contributed by atoms with Crippen LogP contribution in [0.1, 0.15) is 31.1 Å². The van der Waals surface area contributed by atoms with Crippen molar-refractivity contribution in [1.29, 1.82) is 0 Å². The van der Waals surface area contributed by atoms with Gasteiger partial charge >= 0.3 is 0 Å². The van der Waals surface area contributed by atoms with Crippen molar-refractivity contribution in [2.24, 2.45) is 0 Å². The van der Waals surface area contributed by atoms with Crippen LogP contribution in [-0.4, -0.2) is 36.5 Å². The van der Waals surface area contributed by atoms with E-state index in [-0.39, 0.29) is 11.6 Å². The quantitative estimate of drug-likeness (QED) is 0.816. The van der Waals surface area contributed by atoms with Crippen LogP contribution < -0.4 is 5.32 Å². The summed E-state index contributed by atoms with van der Waals surface area (Å²) in [4.78, 5) is 14.0. The van der Waals surface area contributed by atoms with E-state index < -0.39 is 23.4 Å². The van der Waals surface area contributed by atoms with Crippen molar-refractivity contribution in [2.45, 2.75) is 26.8 Å². The van der Waals surface area contributed by atoms with Crippen LogP contribution in [0.4, 0.5) is 13.2 Å². The molecule has 3 nitrogen and oxygen atoms in total. The molecule has 112 valence electrons. The zero-order valence-corrected chi connectivity index (χ0v) is 11.8. The molecular weight excluding hydrogens is 269 g/mol. The van der Waals surface area contributed by atoms with Gasteiger partial charge in [-0.05, 0) is 32.1 Å². The molecule has 0 aromatic heterocycles. The van der Waals surface area contributed by atoms with Crippen molar-refractivity contribution in [3.63, 3.8) is 0 Å². The summed E-state index contributed by atoms with van der Waals surface area (Å²) in [5, 5.41) is 2.63. The normalized spacial score (nSPS) is 12.6. The van der Waals surface area contributed by atoms with Crippen LogP contribution in [-0.2, 0) is 0 Å². The Hall–Kier alpha value is -1.56. The predicted octanol–water partition coefficient (Wildman–Crippen LogP) is 2.56. The van der Waals surface area contributed by atoms with Crippen LogP contribution >= 0.6 is 0 Å². The standard InChI is InChI=1S/C14H19F3N2O/c1-4-19(5-2)8-9(3)18-14(20)10-6-11(15)13(17)12(16)7-10/h6-7,9H,4-5,8H2,1-3H3,(H,18,20). The predicted molar refractivity (Wildman–Crippen MR) is 71.0 cm³/mol. The minimum absolute atomic E-state index is 0.182. The number of hydrogen-bond donors (Lipinski definition) is 1. The van der Waals surface area contributed by atoms with Crippen LogP contribution in [0.5, 0.6) is 0 Å². The number of carbonyl (C=O) groups excluding carboxylic acids is 1. The molecule has 0 aliphatic heterocycles. The van der Waals surface area contributed by atoms with E-state index in [4.69, 9.17) is 0 Å². The first-order valence-electron chi connectivity index (χ1n) is 6.56. The molecule has 1 atom stereocenters. The first-order chi connectivity index (χ1) is 9.38. The average Bonchev–Trinajstić information content (AvgIpc) is 2.41. The van der Waals surface area contributed by atoms with Gasteiger partial charge in [0, 0.05) is 18.2 Å². The number of amides is 1. The summed E-state index contributed by atoms with van der Waals surface area (Å²) in [6.45, 7) is 8.12. The molecule has 0 spiro atoms. The van der Waals surface area contributed by atoms with Crippen molar-refractivity contribution in [3.8, 4) is 0 Å². The molecule has 0 heterocycles. The third kappa shape index (κ3) is 4.23. The van der Waals surface area contributed by atoms with Gasteiger partial charge in [0.2, 0.25) is 0 Å². The zero-order valence-electron chi connectivity index (χ0n) is 11.8. The Balaban J connectivity index is 2.71. The third-order valence-corrected chi connectivity index (χ3v) is 3.05. The molecule has 0 aliphatic carbocycles. The van der Waals surface area contributed by atoms with E-state index in [1.165, 1.54) is 0 Å². The third-order valence-electron chi connectivity index (χ3n) is 3.05. The summed E-state index contributed by atoms with van der Waals surface area (Å²) in [7, 11) is 0. The Kier molecular flexibility index (Phi) is 6.01. The van der Waals surface area contributed by atoms with Gasteiger partial charge in [-0.15, -0.1) is 0 Å². The van der Waals surface area contributed by atoms with Gasteiger partial charge in [0.05, 0.1) is 0 Å². The molecular formula is C14H19F3N2O. The largest absolute Gasteiger partial charge is 0.348 e. The summed E-state index contributed by atoms with van der Waals surface area (Å²) in [6, 6.07) is 1.20. The molecule has 0 saturated carbocycles. The van der Waals surface area contributed by atoms with Crippen LogP contribution in [0.25, 0.3) is 0 Å². The van der Waals surface area contributed by atoms with Gasteiger partial charge in [0.15, 0.2) is 17.5 Å². The maximum absolute atomic E-state index is 13.1. The molecule has 1 rings (SSSR count). The highest BCUT2D eigenvalue weighted by Gasteiger charge is 2.17. The lowest BCUT2D eigenvalue weighted by molar-refractivity contribution is 0.0929. The second-order valence-electron chi connectivity index (χ2n) is 4.61. The lowest BCUT2D eigenvalue weighted by Gasteiger charge is -2.23. The fraction of sp³-hybridized carbons (Fsp3) is 0.500. The summed E-state index contributed by atoms with van der Waals surface area (Å²) >= 11 is 0. The van der Waals surface area contributed by atoms with Gasteiger partial charge in [-0.1, -0.05) is 13.8 Å². The van der Waals surface area contributed by atoms with Crippen LogP contribution in [0.2, 0.25) is 0 Å². The fourth-order valence-corrected chi connectivity index (χ4v) is 1.91. The van der Waals surface area contributed by atoms with Crippen LogP contribution in [0.15, 0.2) is 12.1 Å². The highest BCUT2D eigenvalue weighted by atomic mass is 19.2. The number of hydrogen-bond acceptors (Lipinski definition) is 2. The highest BCUT2D eigenvalue weighted by Crippen LogP contribution is 2.13. The van der Waals surface area contributed by atoms with E-state index in [2.05, 4.69) is 10.2 Å². The van der Waals surface area contributed by atoms with Gasteiger partial charge in [-0.25, -0.2) is 13.2 Å². The number of nitrogens with zero attached hydrogens (tertiary/aromatic N) is 1. The Morgan fingerprint density at radius 3 is 2.15 bits per heavy atom. The number of carbonyl (C=O) groups is 1. The first kappa shape index (κ1) is 16.5. The zero-order chi connectivity index (χ0) is 15.3. The molecule has 1 unspecified atom stereocenters. The molecule has 1 amide bonds. The van der Waals surface area contributed by atoms with E-state index in [1.807, 2.05) is 13.8 Å². The molecule has 0 radical (unpaired) electrons. The van der Waals surface area contributed by atoms with Crippen molar-refractivity contribution >= 4 is 5.91 Å². The van der Waals surface area contributed by atoms with Crippen LogP contribution in [0, 0.1) is 17.5 Å². The molecule has 1 aromatic rings. The van der Waals surface area contributed by atoms with Crippen molar-refractivity contribution in [1.82, 2.24) is 10.2 Å². The molecule has 0 bridgehead atoms. The van der Waals surface area contributed by atoms with E-state index in [1.54, 1.807) is 6.92 Å². The fourth-order valence-electron chi connectivity index (χ4n) is 1.91. The summed E-state index contributed by atoms with van der Waals surface area (Å²) in [6.07, 6.45) is 0. The summed E-state index contributed by atoms with van der Waals surface area (Å²) in [5.74, 6) is -4.93. The summed E-state index contributed by atoms with van der Waals surface area (Å²) < 4.78 is 38.9. The van der Waals surface area contributed by atoms with E-state index in [0.29, 0.717) is 18.7 Å². The first-order valence-corrected chi connectivity index (χ1v) is 6.56. The Morgan fingerprint density at radius 2 is 1.70 bits per heavy atom. The minimum atomic E-state index is -1.57. The maximum atomic E-state index is 13.1. The SMILES string of the molecule is CCN(CC)CC(C)NC(=O)c1cc(F)c(F)c(F)c1. The second-order valence-corrected chi connectivity index (χ2v) is 4.61. The number of benzene rings is 1. The minimum Gasteiger partial charge on any atom is -0.348 e. The van der Waals surface area contributed by atoms with Crippen molar-refractivity contribution in [2.75, 3.05) is 19.6 Å². The maximum Gasteiger partial charge on any atom is 0.251 e. The molecule has 0 saturated heterocycles. The molecule has 20 heavy (non-hydrogen) atoms. The highest BCUT2D eigenvalue weighted by molar-refractivity contribution is 5.94. The molecule has 0 aliphatic rings. The van der Waals surface area contributed by atoms with Crippen molar-refractivity contribution < 1.29 is 18.0 Å². The van der Waals surface area contributed by atoms with Gasteiger partial charge in [0.25, 0.3) is 5.91 Å². The lowest BCUT2D eigenvalue weighted by atomic mass is 10.1. The van der Waals surface area contributed by atoms with E-state index in [9.17, 15) is 18.0 Å². The Bertz CT molecular complexity index is 452. The Morgan fingerprint density at radius 1 is 1.20 bits per heavy atom. The lowest BCUT2D eigenvalue weighted by Crippen LogP contribution is -2.42. The Labute approximate surface area is 116 Å². The molecule has 1 aromatic carbocycles. The monoisotopic (exact) mass is 288 g/mol. The van der Waals surface area contributed by atoms with Gasteiger partial charge in [0.1, 0.15) is 0 Å². The van der Waals surface area contributed by atoms with Crippen LogP contribution in [0.3, 0.4) is 0 Å². The van der Waals surface area contributed by atoms with Gasteiger partial charge in [-0.2, -0.15) is 0 Å². The van der Waals surface area contributed by atoms with Gasteiger partial charge < -0.3 is 10.2 Å². The van der Waals surface area contributed by atoms with Gasteiger partial charge in [-0.3, -0.25) is 4.79 Å². The molecule has 1 N–H and O–H groups in total. The number of halogens is 3. The summed E-state index contributed by atoms with van der Waals surface area (Å²) in [5.41, 5.74) is -0.229.